The van der Waals surface area contributed by atoms with E-state index in [1.165, 1.54) is 4.90 Å². The van der Waals surface area contributed by atoms with Gasteiger partial charge in [-0.05, 0) is 24.6 Å². The summed E-state index contributed by atoms with van der Waals surface area (Å²) < 4.78 is 0. The maximum Gasteiger partial charge on any atom is 0.321 e. The van der Waals surface area contributed by atoms with Crippen LogP contribution in [0.25, 0.3) is 0 Å². The largest absolute Gasteiger partial charge is 0.395 e. The number of amides is 2. The number of urea groups is 1. The molecular formula is C13H20N2O4. The summed E-state index contributed by atoms with van der Waals surface area (Å²) in [5, 5.41) is 29.8. The third-order valence-electron chi connectivity index (χ3n) is 2.65. The van der Waals surface area contributed by atoms with Gasteiger partial charge in [0.05, 0.1) is 19.3 Å². The molecule has 0 heterocycles. The fourth-order valence-electron chi connectivity index (χ4n) is 1.64. The predicted molar refractivity (Wildman–Crippen MR) is 71.8 cm³/mol. The van der Waals surface area contributed by atoms with Crippen molar-refractivity contribution in [2.24, 2.45) is 0 Å². The molecule has 0 saturated carbocycles. The van der Waals surface area contributed by atoms with Crippen LogP contribution in [-0.2, 0) is 0 Å². The van der Waals surface area contributed by atoms with Crippen LogP contribution in [0.15, 0.2) is 24.3 Å². The first kappa shape index (κ1) is 15.4. The van der Waals surface area contributed by atoms with Crippen molar-refractivity contribution >= 4 is 11.7 Å². The Hall–Kier alpha value is -1.63. The van der Waals surface area contributed by atoms with E-state index in [1.807, 2.05) is 0 Å². The third kappa shape index (κ3) is 4.86. The molecule has 0 aliphatic heterocycles. The van der Waals surface area contributed by atoms with Crippen LogP contribution in [-0.4, -0.2) is 52.6 Å². The molecule has 6 nitrogen and oxygen atoms in total. The molecule has 6 heteroatoms. The van der Waals surface area contributed by atoms with Crippen molar-refractivity contribution in [2.45, 2.75) is 13.0 Å². The van der Waals surface area contributed by atoms with E-state index in [9.17, 15) is 9.90 Å². The minimum atomic E-state index is -0.608. The first-order chi connectivity index (χ1) is 9.08. The first-order valence-electron chi connectivity index (χ1n) is 6.14. The normalized spacial score (nSPS) is 12.0. The minimum absolute atomic E-state index is 0.155. The zero-order valence-electron chi connectivity index (χ0n) is 10.9. The lowest BCUT2D eigenvalue weighted by Gasteiger charge is -2.21. The molecule has 4 N–H and O–H groups in total. The zero-order chi connectivity index (χ0) is 14.3. The Labute approximate surface area is 112 Å². The smallest absolute Gasteiger partial charge is 0.321 e. The lowest BCUT2D eigenvalue weighted by molar-refractivity contribution is 0.167. The summed E-state index contributed by atoms with van der Waals surface area (Å²) in [5.74, 6) is 0. The summed E-state index contributed by atoms with van der Waals surface area (Å²) in [7, 11) is 0. The molecule has 2 amide bonds. The van der Waals surface area contributed by atoms with Gasteiger partial charge in [0.1, 0.15) is 0 Å². The molecule has 0 spiro atoms. The Morgan fingerprint density at radius 2 is 1.95 bits per heavy atom. The van der Waals surface area contributed by atoms with Gasteiger partial charge >= 0.3 is 6.03 Å². The highest BCUT2D eigenvalue weighted by Gasteiger charge is 2.12. The summed E-state index contributed by atoms with van der Waals surface area (Å²) >= 11 is 0. The second-order valence-electron chi connectivity index (χ2n) is 4.17. The zero-order valence-corrected chi connectivity index (χ0v) is 10.9. The van der Waals surface area contributed by atoms with Gasteiger partial charge in [0.15, 0.2) is 0 Å². The Morgan fingerprint density at radius 3 is 2.47 bits per heavy atom. The van der Waals surface area contributed by atoms with E-state index in [0.29, 0.717) is 11.3 Å². The van der Waals surface area contributed by atoms with E-state index in [-0.39, 0.29) is 26.3 Å². The first-order valence-corrected chi connectivity index (χ1v) is 6.14. The van der Waals surface area contributed by atoms with Crippen LogP contribution in [0.5, 0.6) is 0 Å². The van der Waals surface area contributed by atoms with Gasteiger partial charge in [0.2, 0.25) is 0 Å². The number of aliphatic hydroxyl groups excluding tert-OH is 3. The van der Waals surface area contributed by atoms with Gasteiger partial charge < -0.3 is 25.5 Å². The van der Waals surface area contributed by atoms with Gasteiger partial charge in [-0.15, -0.1) is 0 Å². The second-order valence-corrected chi connectivity index (χ2v) is 4.17. The third-order valence-corrected chi connectivity index (χ3v) is 2.65. The number of hydrogen-bond acceptors (Lipinski definition) is 4. The van der Waals surface area contributed by atoms with Crippen molar-refractivity contribution < 1.29 is 20.1 Å². The molecule has 0 aliphatic carbocycles. The van der Waals surface area contributed by atoms with Crippen molar-refractivity contribution in [3.05, 3.63) is 29.8 Å². The molecule has 1 aromatic rings. The highest BCUT2D eigenvalue weighted by Crippen LogP contribution is 2.17. The van der Waals surface area contributed by atoms with E-state index in [0.717, 1.165) is 0 Å². The molecule has 1 unspecified atom stereocenters. The van der Waals surface area contributed by atoms with E-state index in [1.54, 1.807) is 31.2 Å². The number of nitrogens with zero attached hydrogens (tertiary/aromatic N) is 1. The average molecular weight is 268 g/mol. The van der Waals surface area contributed by atoms with E-state index in [2.05, 4.69) is 5.32 Å². The van der Waals surface area contributed by atoms with E-state index >= 15 is 0 Å². The fraction of sp³-hybridized carbons (Fsp3) is 0.462. The Balaban J connectivity index is 2.71. The SMILES string of the molecule is CC(O)c1cccc(NC(=O)N(CCO)CCO)c1. The minimum Gasteiger partial charge on any atom is -0.395 e. The van der Waals surface area contributed by atoms with Crippen molar-refractivity contribution in [2.75, 3.05) is 31.6 Å². The highest BCUT2D eigenvalue weighted by molar-refractivity contribution is 5.89. The molecule has 0 saturated heterocycles. The molecule has 0 aromatic heterocycles. The van der Waals surface area contributed by atoms with Crippen LogP contribution in [0.1, 0.15) is 18.6 Å². The molecule has 0 radical (unpaired) electrons. The maximum atomic E-state index is 11.9. The van der Waals surface area contributed by atoms with Gasteiger partial charge in [0.25, 0.3) is 0 Å². The standard InChI is InChI=1S/C13H20N2O4/c1-10(18)11-3-2-4-12(9-11)14-13(19)15(5-7-16)6-8-17/h2-4,9-10,16-18H,5-8H2,1H3,(H,14,19). The van der Waals surface area contributed by atoms with Gasteiger partial charge in [0, 0.05) is 18.8 Å². The second kappa shape index (κ2) is 7.73. The van der Waals surface area contributed by atoms with Crippen LogP contribution in [0.4, 0.5) is 10.5 Å². The lowest BCUT2D eigenvalue weighted by atomic mass is 10.1. The molecule has 1 atom stereocenters. The maximum absolute atomic E-state index is 11.9. The van der Waals surface area contributed by atoms with Crippen LogP contribution >= 0.6 is 0 Å². The Morgan fingerprint density at radius 1 is 1.32 bits per heavy atom. The summed E-state index contributed by atoms with van der Waals surface area (Å²) in [5.41, 5.74) is 1.26. The van der Waals surface area contributed by atoms with E-state index in [4.69, 9.17) is 10.2 Å². The number of rotatable bonds is 6. The van der Waals surface area contributed by atoms with Gasteiger partial charge in [-0.1, -0.05) is 12.1 Å². The Kier molecular flexibility index (Phi) is 6.27. The summed E-state index contributed by atoms with van der Waals surface area (Å²) in [6.07, 6.45) is -0.608. The molecule has 0 bridgehead atoms. The van der Waals surface area contributed by atoms with Gasteiger partial charge in [-0.2, -0.15) is 0 Å². The molecule has 106 valence electrons. The van der Waals surface area contributed by atoms with E-state index < -0.39 is 12.1 Å². The molecule has 0 aliphatic rings. The topological polar surface area (TPSA) is 93.0 Å². The van der Waals surface area contributed by atoms with Gasteiger partial charge in [-0.3, -0.25) is 0 Å². The predicted octanol–water partition coefficient (Wildman–Crippen LogP) is 0.558. The van der Waals surface area contributed by atoms with Crippen molar-refractivity contribution in [1.82, 2.24) is 4.90 Å². The Bertz CT molecular complexity index is 403. The summed E-state index contributed by atoms with van der Waals surface area (Å²) in [6.45, 7) is 1.62. The fourth-order valence-corrected chi connectivity index (χ4v) is 1.64. The van der Waals surface area contributed by atoms with Gasteiger partial charge in [-0.25, -0.2) is 4.79 Å². The average Bonchev–Trinajstić information content (AvgIpc) is 2.38. The van der Waals surface area contributed by atoms with Crippen LogP contribution in [0, 0.1) is 0 Å². The van der Waals surface area contributed by atoms with Crippen LogP contribution in [0.3, 0.4) is 0 Å². The molecule has 1 aromatic carbocycles. The number of aliphatic hydroxyl groups is 3. The molecule has 0 fully saturated rings. The number of anilines is 1. The number of nitrogens with one attached hydrogen (secondary N) is 1. The highest BCUT2D eigenvalue weighted by atomic mass is 16.3. The summed E-state index contributed by atoms with van der Waals surface area (Å²) in [6, 6.07) is 6.49. The summed E-state index contributed by atoms with van der Waals surface area (Å²) in [4.78, 5) is 13.2. The number of benzene rings is 1. The van der Waals surface area contributed by atoms with Crippen LogP contribution < -0.4 is 5.32 Å². The molecule has 19 heavy (non-hydrogen) atoms. The van der Waals surface area contributed by atoms with Crippen molar-refractivity contribution in [3.8, 4) is 0 Å². The monoisotopic (exact) mass is 268 g/mol. The number of carbonyl (C=O) groups is 1. The molecule has 1 rings (SSSR count). The van der Waals surface area contributed by atoms with Crippen molar-refractivity contribution in [3.63, 3.8) is 0 Å². The quantitative estimate of drug-likeness (QED) is 0.606. The number of hydrogen-bond donors (Lipinski definition) is 4. The molecular weight excluding hydrogens is 248 g/mol. The van der Waals surface area contributed by atoms with Crippen LogP contribution in [0.2, 0.25) is 0 Å². The van der Waals surface area contributed by atoms with Crippen molar-refractivity contribution in [1.29, 1.82) is 0 Å². The number of carbonyl (C=O) groups excluding carboxylic acids is 1. The lowest BCUT2D eigenvalue weighted by Crippen LogP contribution is -2.38.